The quantitative estimate of drug-likeness (QED) is 0.744. The highest BCUT2D eigenvalue weighted by Crippen LogP contribution is 2.23. The Labute approximate surface area is 125 Å². The molecule has 0 spiro atoms. The summed E-state index contributed by atoms with van der Waals surface area (Å²) in [7, 11) is 0. The number of amides is 2. The lowest BCUT2D eigenvalue weighted by atomic mass is 10.3. The van der Waals surface area contributed by atoms with Crippen LogP contribution in [-0.2, 0) is 4.74 Å². The van der Waals surface area contributed by atoms with Crippen molar-refractivity contribution in [1.82, 2.24) is 4.90 Å². The van der Waals surface area contributed by atoms with Crippen LogP contribution in [0.4, 0.5) is 14.9 Å². The number of ether oxygens (including phenoxy) is 1. The molecular formula is C13H18BrFN2O3. The van der Waals surface area contributed by atoms with Gasteiger partial charge in [0.15, 0.2) is 0 Å². The Hall–Kier alpha value is -1.18. The maximum Gasteiger partial charge on any atom is 0.321 e. The number of aliphatic hydroxyl groups is 1. The lowest BCUT2D eigenvalue weighted by molar-refractivity contribution is 0.0807. The van der Waals surface area contributed by atoms with E-state index in [1.807, 2.05) is 6.92 Å². The minimum atomic E-state index is -0.375. The van der Waals surface area contributed by atoms with Crippen LogP contribution in [0.25, 0.3) is 0 Å². The Morgan fingerprint density at radius 3 is 2.85 bits per heavy atom. The van der Waals surface area contributed by atoms with E-state index in [0.29, 0.717) is 29.9 Å². The number of urea groups is 1. The maximum absolute atomic E-state index is 13.0. The second kappa shape index (κ2) is 8.89. The molecule has 0 aliphatic rings. The van der Waals surface area contributed by atoms with Crippen molar-refractivity contribution in [3.63, 3.8) is 0 Å². The van der Waals surface area contributed by atoms with Gasteiger partial charge in [0.2, 0.25) is 0 Å². The fourth-order valence-electron chi connectivity index (χ4n) is 1.53. The second-order valence-electron chi connectivity index (χ2n) is 3.97. The molecule has 0 aliphatic heterocycles. The number of anilines is 1. The zero-order valence-corrected chi connectivity index (χ0v) is 12.8. The van der Waals surface area contributed by atoms with Crippen molar-refractivity contribution in [2.24, 2.45) is 0 Å². The number of rotatable bonds is 7. The number of nitrogens with one attached hydrogen (secondary N) is 1. The highest BCUT2D eigenvalue weighted by molar-refractivity contribution is 9.10. The Kier molecular flexibility index (Phi) is 7.50. The Balaban J connectivity index is 2.54. The summed E-state index contributed by atoms with van der Waals surface area (Å²) in [5.41, 5.74) is 0.506. The molecule has 112 valence electrons. The molecule has 0 atom stereocenters. The van der Waals surface area contributed by atoms with Crippen molar-refractivity contribution in [2.45, 2.75) is 6.92 Å². The van der Waals surface area contributed by atoms with Crippen molar-refractivity contribution in [3.05, 3.63) is 28.5 Å². The van der Waals surface area contributed by atoms with Gasteiger partial charge in [-0.1, -0.05) is 0 Å². The van der Waals surface area contributed by atoms with E-state index in [9.17, 15) is 9.18 Å². The van der Waals surface area contributed by atoms with Gasteiger partial charge in [0.25, 0.3) is 0 Å². The molecule has 1 rings (SSSR count). The average molecular weight is 349 g/mol. The molecule has 0 unspecified atom stereocenters. The largest absolute Gasteiger partial charge is 0.394 e. The molecule has 0 aromatic heterocycles. The van der Waals surface area contributed by atoms with E-state index in [4.69, 9.17) is 9.84 Å². The summed E-state index contributed by atoms with van der Waals surface area (Å²) in [6.07, 6.45) is 0. The molecule has 2 N–H and O–H groups in total. The predicted molar refractivity (Wildman–Crippen MR) is 78.3 cm³/mol. The lowest BCUT2D eigenvalue weighted by Gasteiger charge is -2.21. The first kappa shape index (κ1) is 16.9. The third-order valence-electron chi connectivity index (χ3n) is 2.58. The van der Waals surface area contributed by atoms with Gasteiger partial charge in [-0.05, 0) is 41.1 Å². The first-order chi connectivity index (χ1) is 9.58. The standard InChI is InChI=1S/C13H18BrFN2O3/c1-2-17(5-7-20-8-6-18)13(19)16-12-4-3-10(15)9-11(12)14/h3-4,9,18H,2,5-8H2,1H3,(H,16,19). The van der Waals surface area contributed by atoms with Gasteiger partial charge in [-0.15, -0.1) is 0 Å². The molecule has 0 saturated heterocycles. The van der Waals surface area contributed by atoms with Crippen LogP contribution in [0.3, 0.4) is 0 Å². The lowest BCUT2D eigenvalue weighted by Crippen LogP contribution is -2.37. The molecule has 0 heterocycles. The van der Waals surface area contributed by atoms with Crippen LogP contribution in [-0.4, -0.2) is 48.9 Å². The molecule has 0 saturated carbocycles. The molecule has 0 aliphatic carbocycles. The number of aliphatic hydroxyl groups excluding tert-OH is 1. The summed E-state index contributed by atoms with van der Waals surface area (Å²) in [5, 5.41) is 11.3. The zero-order valence-electron chi connectivity index (χ0n) is 11.2. The average Bonchev–Trinajstić information content (AvgIpc) is 2.42. The molecule has 1 aromatic carbocycles. The molecule has 7 heteroatoms. The molecule has 0 bridgehead atoms. The molecule has 0 fully saturated rings. The number of carbonyl (C=O) groups is 1. The van der Waals surface area contributed by atoms with E-state index in [1.165, 1.54) is 18.2 Å². The van der Waals surface area contributed by atoms with Gasteiger partial charge < -0.3 is 20.1 Å². The fraction of sp³-hybridized carbons (Fsp3) is 0.462. The third kappa shape index (κ3) is 5.44. The van der Waals surface area contributed by atoms with Crippen LogP contribution >= 0.6 is 15.9 Å². The van der Waals surface area contributed by atoms with Gasteiger partial charge in [0, 0.05) is 17.6 Å². The van der Waals surface area contributed by atoms with Crippen LogP contribution in [0.5, 0.6) is 0 Å². The zero-order chi connectivity index (χ0) is 15.0. The van der Waals surface area contributed by atoms with Gasteiger partial charge in [0.05, 0.1) is 25.5 Å². The van der Waals surface area contributed by atoms with Crippen molar-refractivity contribution in [2.75, 3.05) is 38.2 Å². The van der Waals surface area contributed by atoms with E-state index in [-0.39, 0.29) is 25.1 Å². The first-order valence-electron chi connectivity index (χ1n) is 6.28. The Bertz CT molecular complexity index is 446. The highest BCUT2D eigenvalue weighted by Gasteiger charge is 2.13. The summed E-state index contributed by atoms with van der Waals surface area (Å²) in [4.78, 5) is 13.6. The van der Waals surface area contributed by atoms with Crippen LogP contribution in [0.2, 0.25) is 0 Å². The van der Waals surface area contributed by atoms with Gasteiger partial charge in [-0.25, -0.2) is 9.18 Å². The predicted octanol–water partition coefficient (Wildman–Crippen LogP) is 2.45. The van der Waals surface area contributed by atoms with Crippen molar-refractivity contribution in [3.8, 4) is 0 Å². The smallest absolute Gasteiger partial charge is 0.321 e. The minimum Gasteiger partial charge on any atom is -0.394 e. The molecule has 20 heavy (non-hydrogen) atoms. The maximum atomic E-state index is 13.0. The van der Waals surface area contributed by atoms with E-state index in [1.54, 1.807) is 4.90 Å². The summed E-state index contributed by atoms with van der Waals surface area (Å²) < 4.78 is 18.6. The van der Waals surface area contributed by atoms with Gasteiger partial charge in [-0.3, -0.25) is 0 Å². The summed E-state index contributed by atoms with van der Waals surface area (Å²) in [6, 6.07) is 3.78. The molecule has 2 amide bonds. The number of hydrogen-bond donors (Lipinski definition) is 2. The first-order valence-corrected chi connectivity index (χ1v) is 7.07. The second-order valence-corrected chi connectivity index (χ2v) is 4.82. The monoisotopic (exact) mass is 348 g/mol. The van der Waals surface area contributed by atoms with Crippen LogP contribution in [0.1, 0.15) is 6.92 Å². The van der Waals surface area contributed by atoms with Crippen molar-refractivity contribution < 1.29 is 19.0 Å². The minimum absolute atomic E-state index is 0.0408. The van der Waals surface area contributed by atoms with E-state index < -0.39 is 0 Å². The van der Waals surface area contributed by atoms with E-state index >= 15 is 0 Å². The number of nitrogens with zero attached hydrogens (tertiary/aromatic N) is 1. The summed E-state index contributed by atoms with van der Waals surface area (Å²) in [5.74, 6) is -0.375. The van der Waals surface area contributed by atoms with Crippen molar-refractivity contribution >= 4 is 27.6 Å². The summed E-state index contributed by atoms with van der Waals surface area (Å²) >= 11 is 3.19. The number of hydrogen-bond acceptors (Lipinski definition) is 3. The SMILES string of the molecule is CCN(CCOCCO)C(=O)Nc1ccc(F)cc1Br. The molecule has 1 aromatic rings. The fourth-order valence-corrected chi connectivity index (χ4v) is 1.98. The topological polar surface area (TPSA) is 61.8 Å². The van der Waals surface area contributed by atoms with Crippen LogP contribution < -0.4 is 5.32 Å². The third-order valence-corrected chi connectivity index (χ3v) is 3.24. The Morgan fingerprint density at radius 2 is 2.25 bits per heavy atom. The van der Waals surface area contributed by atoms with Gasteiger partial charge >= 0.3 is 6.03 Å². The molecular weight excluding hydrogens is 331 g/mol. The highest BCUT2D eigenvalue weighted by atomic mass is 79.9. The van der Waals surface area contributed by atoms with Crippen LogP contribution in [0.15, 0.2) is 22.7 Å². The number of likely N-dealkylation sites (N-methyl/N-ethyl adjacent to an activating group) is 1. The number of halogens is 2. The molecule has 0 radical (unpaired) electrons. The van der Waals surface area contributed by atoms with Gasteiger partial charge in [0.1, 0.15) is 5.82 Å². The van der Waals surface area contributed by atoms with Crippen LogP contribution in [0, 0.1) is 5.82 Å². The Morgan fingerprint density at radius 1 is 1.50 bits per heavy atom. The van der Waals surface area contributed by atoms with Crippen molar-refractivity contribution in [1.29, 1.82) is 0 Å². The number of carbonyl (C=O) groups excluding carboxylic acids is 1. The van der Waals surface area contributed by atoms with E-state index in [2.05, 4.69) is 21.2 Å². The summed E-state index contributed by atoms with van der Waals surface area (Å²) in [6.45, 7) is 3.36. The normalized spacial score (nSPS) is 10.4. The van der Waals surface area contributed by atoms with E-state index in [0.717, 1.165) is 0 Å². The van der Waals surface area contributed by atoms with Gasteiger partial charge in [-0.2, -0.15) is 0 Å². The number of benzene rings is 1. The molecule has 5 nitrogen and oxygen atoms in total.